The number of nitrogens with one attached hydrogen (secondary N) is 1. The van der Waals surface area contributed by atoms with Gasteiger partial charge in [-0.1, -0.05) is 13.3 Å². The summed E-state index contributed by atoms with van der Waals surface area (Å²) >= 11 is 1.77. The highest BCUT2D eigenvalue weighted by Gasteiger charge is 2.01. The molecule has 0 aliphatic carbocycles. The highest BCUT2D eigenvalue weighted by Crippen LogP contribution is 2.12. The molecule has 0 aromatic carbocycles. The lowest BCUT2D eigenvalue weighted by Crippen LogP contribution is -2.26. The van der Waals surface area contributed by atoms with Crippen molar-refractivity contribution in [3.05, 3.63) is 21.9 Å². The second-order valence-corrected chi connectivity index (χ2v) is 4.84. The van der Waals surface area contributed by atoms with Gasteiger partial charge in [0.25, 0.3) is 0 Å². The first-order valence-corrected chi connectivity index (χ1v) is 6.66. The molecule has 15 heavy (non-hydrogen) atoms. The van der Waals surface area contributed by atoms with Crippen molar-refractivity contribution in [1.82, 2.24) is 5.32 Å². The van der Waals surface area contributed by atoms with E-state index in [-0.39, 0.29) is 0 Å². The molecule has 3 heteroatoms. The third-order valence-corrected chi connectivity index (χ3v) is 3.54. The van der Waals surface area contributed by atoms with Crippen LogP contribution in [0.2, 0.25) is 0 Å². The van der Waals surface area contributed by atoms with Crippen molar-refractivity contribution in [2.75, 3.05) is 6.54 Å². The molecule has 1 heterocycles. The molecule has 3 N–H and O–H groups in total. The van der Waals surface area contributed by atoms with Crippen LogP contribution >= 0.6 is 11.3 Å². The van der Waals surface area contributed by atoms with Gasteiger partial charge in [-0.15, -0.1) is 0 Å². The van der Waals surface area contributed by atoms with Crippen molar-refractivity contribution in [2.45, 2.75) is 45.7 Å². The van der Waals surface area contributed by atoms with Crippen LogP contribution in [0.1, 0.15) is 37.3 Å². The number of nitrogens with two attached hydrogens (primary N) is 1. The summed E-state index contributed by atoms with van der Waals surface area (Å²) in [4.78, 5) is 0. The monoisotopic (exact) mass is 226 g/mol. The number of aryl methyl sites for hydroxylation is 1. The van der Waals surface area contributed by atoms with Crippen molar-refractivity contribution in [3.8, 4) is 0 Å². The Morgan fingerprint density at radius 2 is 2.20 bits per heavy atom. The Morgan fingerprint density at radius 3 is 2.80 bits per heavy atom. The van der Waals surface area contributed by atoms with E-state index in [2.05, 4.69) is 29.9 Å². The summed E-state index contributed by atoms with van der Waals surface area (Å²) in [6.07, 6.45) is 3.40. The maximum absolute atomic E-state index is 5.94. The van der Waals surface area contributed by atoms with Crippen LogP contribution in [0.25, 0.3) is 0 Å². The molecule has 0 saturated heterocycles. The molecule has 1 atom stereocenters. The lowest BCUT2D eigenvalue weighted by atomic mass is 10.1. The van der Waals surface area contributed by atoms with E-state index in [4.69, 9.17) is 5.73 Å². The van der Waals surface area contributed by atoms with Gasteiger partial charge in [0.15, 0.2) is 0 Å². The molecular weight excluding hydrogens is 204 g/mol. The zero-order valence-electron chi connectivity index (χ0n) is 9.75. The minimum atomic E-state index is 0.367. The molecule has 0 spiro atoms. The first kappa shape index (κ1) is 12.7. The van der Waals surface area contributed by atoms with E-state index in [1.54, 1.807) is 11.3 Å². The van der Waals surface area contributed by atoms with E-state index in [1.165, 1.54) is 17.5 Å². The quantitative estimate of drug-likeness (QED) is 0.702. The van der Waals surface area contributed by atoms with Gasteiger partial charge in [0.1, 0.15) is 0 Å². The summed E-state index contributed by atoms with van der Waals surface area (Å²) in [6.45, 7) is 6.35. The Kier molecular flexibility index (Phi) is 5.91. The average Bonchev–Trinajstić information content (AvgIpc) is 2.60. The predicted molar refractivity (Wildman–Crippen MR) is 68.3 cm³/mol. The molecule has 1 unspecified atom stereocenters. The first-order valence-electron chi connectivity index (χ1n) is 5.72. The molecule has 0 aliphatic rings. The fourth-order valence-corrected chi connectivity index (χ4v) is 2.45. The summed E-state index contributed by atoms with van der Waals surface area (Å²) < 4.78 is 0. The molecule has 1 aromatic heterocycles. The van der Waals surface area contributed by atoms with Crippen molar-refractivity contribution in [1.29, 1.82) is 0 Å². The first-order chi connectivity index (χ1) is 7.24. The van der Waals surface area contributed by atoms with Gasteiger partial charge in [0.2, 0.25) is 0 Å². The zero-order chi connectivity index (χ0) is 11.1. The molecule has 0 saturated carbocycles. The molecule has 0 radical (unpaired) electrons. The summed E-state index contributed by atoms with van der Waals surface area (Å²) in [5.41, 5.74) is 8.75. The second kappa shape index (κ2) is 6.99. The average molecular weight is 226 g/mol. The van der Waals surface area contributed by atoms with Crippen LogP contribution in [-0.4, -0.2) is 12.6 Å². The van der Waals surface area contributed by atoms with Gasteiger partial charge in [0, 0.05) is 12.6 Å². The van der Waals surface area contributed by atoms with Gasteiger partial charge >= 0.3 is 0 Å². The minimum absolute atomic E-state index is 0.367. The van der Waals surface area contributed by atoms with Crippen molar-refractivity contribution in [2.24, 2.45) is 5.73 Å². The Morgan fingerprint density at radius 1 is 1.40 bits per heavy atom. The fraction of sp³-hybridized carbons (Fsp3) is 0.667. The van der Waals surface area contributed by atoms with E-state index >= 15 is 0 Å². The molecule has 0 bridgehead atoms. The summed E-state index contributed by atoms with van der Waals surface area (Å²) in [5, 5.41) is 7.86. The number of thiophene rings is 1. The molecule has 1 aromatic rings. The Labute approximate surface area is 96.9 Å². The minimum Gasteiger partial charge on any atom is -0.328 e. The molecule has 2 nitrogen and oxygen atoms in total. The third kappa shape index (κ3) is 4.78. The topological polar surface area (TPSA) is 38.0 Å². The second-order valence-electron chi connectivity index (χ2n) is 4.09. The molecule has 0 amide bonds. The largest absolute Gasteiger partial charge is 0.328 e. The van der Waals surface area contributed by atoms with Crippen molar-refractivity contribution >= 4 is 11.3 Å². The maximum atomic E-state index is 5.94. The van der Waals surface area contributed by atoms with Crippen LogP contribution in [0.15, 0.2) is 10.8 Å². The molecular formula is C12H22N2S. The number of hydrogen-bond donors (Lipinski definition) is 2. The lowest BCUT2D eigenvalue weighted by Gasteiger charge is -2.10. The van der Waals surface area contributed by atoms with Crippen LogP contribution < -0.4 is 11.1 Å². The summed E-state index contributed by atoms with van der Waals surface area (Å²) in [6, 6.07) is 0.367. The van der Waals surface area contributed by atoms with E-state index in [0.717, 1.165) is 25.9 Å². The van der Waals surface area contributed by atoms with Crippen LogP contribution in [0.3, 0.4) is 0 Å². The van der Waals surface area contributed by atoms with E-state index in [0.29, 0.717) is 6.04 Å². The van der Waals surface area contributed by atoms with Gasteiger partial charge in [-0.05, 0) is 48.2 Å². The van der Waals surface area contributed by atoms with Crippen LogP contribution in [-0.2, 0) is 6.54 Å². The van der Waals surface area contributed by atoms with Gasteiger partial charge in [-0.2, -0.15) is 11.3 Å². The van der Waals surface area contributed by atoms with Gasteiger partial charge < -0.3 is 11.1 Å². The maximum Gasteiger partial charge on any atom is 0.0216 e. The Balaban J connectivity index is 2.09. The molecule has 86 valence electrons. The predicted octanol–water partition coefficient (Wildman–Crippen LogP) is 2.66. The van der Waals surface area contributed by atoms with Crippen molar-refractivity contribution < 1.29 is 0 Å². The lowest BCUT2D eigenvalue weighted by molar-refractivity contribution is 0.527. The Hall–Kier alpha value is -0.380. The van der Waals surface area contributed by atoms with Gasteiger partial charge in [-0.25, -0.2) is 0 Å². The van der Waals surface area contributed by atoms with Gasteiger partial charge in [-0.3, -0.25) is 0 Å². The zero-order valence-corrected chi connectivity index (χ0v) is 10.6. The fourth-order valence-electron chi connectivity index (χ4n) is 1.59. The Bertz CT molecular complexity index is 270. The van der Waals surface area contributed by atoms with E-state index < -0.39 is 0 Å². The SMILES string of the molecule is CCCC(N)CCNCc1cscc1C. The standard InChI is InChI=1S/C12H22N2S/c1-3-4-12(13)5-6-14-7-11-9-15-8-10(11)2/h8-9,12,14H,3-7,13H2,1-2H3. The summed E-state index contributed by atoms with van der Waals surface area (Å²) in [7, 11) is 0. The van der Waals surface area contributed by atoms with E-state index in [1.807, 2.05) is 0 Å². The highest BCUT2D eigenvalue weighted by atomic mass is 32.1. The van der Waals surface area contributed by atoms with Crippen LogP contribution in [0, 0.1) is 6.92 Å². The molecule has 0 aliphatic heterocycles. The third-order valence-electron chi connectivity index (χ3n) is 2.63. The number of hydrogen-bond acceptors (Lipinski definition) is 3. The van der Waals surface area contributed by atoms with E-state index in [9.17, 15) is 0 Å². The highest BCUT2D eigenvalue weighted by molar-refractivity contribution is 7.08. The molecule has 1 rings (SSSR count). The molecule has 0 fully saturated rings. The van der Waals surface area contributed by atoms with Crippen molar-refractivity contribution in [3.63, 3.8) is 0 Å². The number of rotatable bonds is 7. The smallest absolute Gasteiger partial charge is 0.0216 e. The normalized spacial score (nSPS) is 13.0. The van der Waals surface area contributed by atoms with Gasteiger partial charge in [0.05, 0.1) is 0 Å². The van der Waals surface area contributed by atoms with Crippen LogP contribution in [0.4, 0.5) is 0 Å². The summed E-state index contributed by atoms with van der Waals surface area (Å²) in [5.74, 6) is 0. The van der Waals surface area contributed by atoms with Crippen LogP contribution in [0.5, 0.6) is 0 Å².